The average molecular weight is 227 g/mol. The van der Waals surface area contributed by atoms with Gasteiger partial charge < -0.3 is 19.9 Å². The van der Waals surface area contributed by atoms with Crippen LogP contribution in [0.2, 0.25) is 0 Å². The quantitative estimate of drug-likeness (QED) is 0.849. The first-order valence-electron chi connectivity index (χ1n) is 5.04. The molecule has 0 spiro atoms. The fourth-order valence-corrected chi connectivity index (χ4v) is 1.79. The van der Waals surface area contributed by atoms with Crippen LogP contribution in [0.1, 0.15) is 12.5 Å². The summed E-state index contributed by atoms with van der Waals surface area (Å²) >= 11 is 0. The van der Waals surface area contributed by atoms with Crippen molar-refractivity contribution >= 4 is 0 Å². The molecule has 5 heteroatoms. The summed E-state index contributed by atoms with van der Waals surface area (Å²) < 4.78 is 29.1. The molecule has 1 heterocycles. The highest BCUT2D eigenvalue weighted by Crippen LogP contribution is 2.42. The summed E-state index contributed by atoms with van der Waals surface area (Å²) in [5, 5.41) is 0. The van der Waals surface area contributed by atoms with Crippen molar-refractivity contribution in [1.29, 1.82) is 0 Å². The molecule has 2 N–H and O–H groups in total. The molecule has 0 radical (unpaired) electrons. The largest absolute Gasteiger partial charge is 0.493 e. The zero-order valence-corrected chi connectivity index (χ0v) is 9.25. The zero-order chi connectivity index (χ0) is 11.7. The normalized spacial score (nSPS) is 15.0. The summed E-state index contributed by atoms with van der Waals surface area (Å²) in [7, 11) is 1.42. The third-order valence-electron chi connectivity index (χ3n) is 2.39. The van der Waals surface area contributed by atoms with Gasteiger partial charge in [0.15, 0.2) is 23.1 Å². The van der Waals surface area contributed by atoms with E-state index in [2.05, 4.69) is 0 Å². The van der Waals surface area contributed by atoms with Crippen molar-refractivity contribution in [3.05, 3.63) is 17.4 Å². The van der Waals surface area contributed by atoms with Crippen LogP contribution in [0.15, 0.2) is 6.07 Å². The van der Waals surface area contributed by atoms with Crippen LogP contribution >= 0.6 is 0 Å². The van der Waals surface area contributed by atoms with Crippen molar-refractivity contribution in [2.45, 2.75) is 19.4 Å². The molecule has 1 aliphatic heterocycles. The summed E-state index contributed by atoms with van der Waals surface area (Å²) in [6, 6.07) is 1.16. The minimum absolute atomic E-state index is 0.105. The SMILES string of the molecule is COc1c(F)cc2c(c1CC(C)N)OCO2. The van der Waals surface area contributed by atoms with Crippen molar-refractivity contribution in [3.63, 3.8) is 0 Å². The maximum absolute atomic E-state index is 13.7. The minimum Gasteiger partial charge on any atom is -0.493 e. The van der Waals surface area contributed by atoms with E-state index in [1.54, 1.807) is 0 Å². The van der Waals surface area contributed by atoms with Gasteiger partial charge in [-0.25, -0.2) is 4.39 Å². The van der Waals surface area contributed by atoms with Gasteiger partial charge in [-0.15, -0.1) is 0 Å². The van der Waals surface area contributed by atoms with Gasteiger partial charge >= 0.3 is 0 Å². The molecule has 0 aliphatic carbocycles. The lowest BCUT2D eigenvalue weighted by molar-refractivity contribution is 0.173. The molecular weight excluding hydrogens is 213 g/mol. The molecule has 2 rings (SSSR count). The number of hydrogen-bond donors (Lipinski definition) is 1. The van der Waals surface area contributed by atoms with Gasteiger partial charge in [-0.2, -0.15) is 0 Å². The lowest BCUT2D eigenvalue weighted by Crippen LogP contribution is -2.18. The second-order valence-corrected chi connectivity index (χ2v) is 3.79. The number of benzene rings is 1. The molecule has 0 aromatic heterocycles. The Kier molecular flexibility index (Phi) is 2.87. The van der Waals surface area contributed by atoms with E-state index >= 15 is 0 Å². The number of nitrogens with two attached hydrogens (primary N) is 1. The van der Waals surface area contributed by atoms with Crippen molar-refractivity contribution in [3.8, 4) is 17.2 Å². The van der Waals surface area contributed by atoms with Gasteiger partial charge in [-0.05, 0) is 13.3 Å². The third-order valence-corrected chi connectivity index (χ3v) is 2.39. The highest BCUT2D eigenvalue weighted by atomic mass is 19.1. The maximum Gasteiger partial charge on any atom is 0.231 e. The topological polar surface area (TPSA) is 53.7 Å². The van der Waals surface area contributed by atoms with Crippen LogP contribution in [0.3, 0.4) is 0 Å². The Morgan fingerprint density at radius 1 is 1.56 bits per heavy atom. The first-order chi connectivity index (χ1) is 7.63. The number of fused-ring (bicyclic) bond motifs is 1. The fraction of sp³-hybridized carbons (Fsp3) is 0.455. The van der Waals surface area contributed by atoms with Gasteiger partial charge in [-0.3, -0.25) is 0 Å². The van der Waals surface area contributed by atoms with Crippen molar-refractivity contribution < 1.29 is 18.6 Å². The lowest BCUT2D eigenvalue weighted by atomic mass is 10.0. The smallest absolute Gasteiger partial charge is 0.231 e. The Morgan fingerprint density at radius 3 is 2.94 bits per heavy atom. The number of methoxy groups -OCH3 is 1. The van der Waals surface area contributed by atoms with Crippen molar-refractivity contribution in [2.75, 3.05) is 13.9 Å². The Hall–Kier alpha value is -1.49. The van der Waals surface area contributed by atoms with Gasteiger partial charge in [0.05, 0.1) is 7.11 Å². The van der Waals surface area contributed by atoms with Crippen LogP contribution in [0.5, 0.6) is 17.2 Å². The fourth-order valence-electron chi connectivity index (χ4n) is 1.79. The second-order valence-electron chi connectivity index (χ2n) is 3.79. The van der Waals surface area contributed by atoms with E-state index in [9.17, 15) is 4.39 Å². The Bertz CT molecular complexity index is 403. The standard InChI is InChI=1S/C11H14FNO3/c1-6(13)3-7-10(14-2)8(12)4-9-11(7)16-5-15-9/h4,6H,3,5,13H2,1-2H3. The van der Waals surface area contributed by atoms with Gasteiger partial charge in [0.1, 0.15) is 0 Å². The number of ether oxygens (including phenoxy) is 3. The average Bonchev–Trinajstić information content (AvgIpc) is 2.64. The van der Waals surface area contributed by atoms with E-state index in [1.165, 1.54) is 13.2 Å². The van der Waals surface area contributed by atoms with E-state index in [4.69, 9.17) is 19.9 Å². The number of hydrogen-bond acceptors (Lipinski definition) is 4. The van der Waals surface area contributed by atoms with E-state index < -0.39 is 5.82 Å². The predicted octanol–water partition coefficient (Wildman–Crippen LogP) is 1.45. The number of rotatable bonds is 3. The maximum atomic E-state index is 13.7. The van der Waals surface area contributed by atoms with Crippen molar-refractivity contribution in [2.24, 2.45) is 5.73 Å². The second kappa shape index (κ2) is 4.17. The number of halogens is 1. The first-order valence-corrected chi connectivity index (χ1v) is 5.04. The summed E-state index contributed by atoms with van der Waals surface area (Å²) in [5.74, 6) is 0.674. The summed E-state index contributed by atoms with van der Waals surface area (Å²) in [5.41, 5.74) is 6.35. The molecule has 4 nitrogen and oxygen atoms in total. The van der Waals surface area contributed by atoms with E-state index in [1.807, 2.05) is 6.92 Å². The summed E-state index contributed by atoms with van der Waals surface area (Å²) in [6.45, 7) is 1.94. The highest BCUT2D eigenvalue weighted by Gasteiger charge is 2.25. The highest BCUT2D eigenvalue weighted by molar-refractivity contribution is 5.56. The Labute approximate surface area is 93.1 Å². The Balaban J connectivity index is 2.52. The molecule has 0 saturated carbocycles. The molecule has 16 heavy (non-hydrogen) atoms. The van der Waals surface area contributed by atoms with Gasteiger partial charge in [-0.1, -0.05) is 0 Å². The van der Waals surface area contributed by atoms with Crippen LogP contribution in [0.4, 0.5) is 4.39 Å². The molecule has 1 aromatic carbocycles. The zero-order valence-electron chi connectivity index (χ0n) is 9.25. The molecule has 1 atom stereocenters. The Morgan fingerprint density at radius 2 is 2.31 bits per heavy atom. The van der Waals surface area contributed by atoms with E-state index in [0.717, 1.165) is 0 Å². The molecule has 1 unspecified atom stereocenters. The molecule has 1 aromatic rings. The van der Waals surface area contributed by atoms with Crippen LogP contribution in [0, 0.1) is 5.82 Å². The van der Waals surface area contributed by atoms with E-state index in [-0.39, 0.29) is 18.6 Å². The summed E-state index contributed by atoms with van der Waals surface area (Å²) in [6.07, 6.45) is 0.479. The van der Waals surface area contributed by atoms with Crippen molar-refractivity contribution in [1.82, 2.24) is 0 Å². The van der Waals surface area contributed by atoms with Crippen LogP contribution < -0.4 is 19.9 Å². The molecule has 0 bridgehead atoms. The molecular formula is C11H14FNO3. The predicted molar refractivity (Wildman–Crippen MR) is 56.4 cm³/mol. The van der Waals surface area contributed by atoms with Crippen LogP contribution in [-0.4, -0.2) is 19.9 Å². The molecule has 1 aliphatic rings. The molecule has 0 saturated heterocycles. The monoisotopic (exact) mass is 227 g/mol. The van der Waals surface area contributed by atoms with Gasteiger partial charge in [0.2, 0.25) is 6.79 Å². The first kappa shape index (κ1) is 11.0. The third kappa shape index (κ3) is 1.78. The lowest BCUT2D eigenvalue weighted by Gasteiger charge is -2.13. The van der Waals surface area contributed by atoms with Gasteiger partial charge in [0, 0.05) is 17.7 Å². The molecule has 88 valence electrons. The van der Waals surface area contributed by atoms with Crippen LogP contribution in [-0.2, 0) is 6.42 Å². The molecule has 0 fully saturated rings. The van der Waals surface area contributed by atoms with Crippen LogP contribution in [0.25, 0.3) is 0 Å². The minimum atomic E-state index is -0.456. The molecule has 0 amide bonds. The summed E-state index contributed by atoms with van der Waals surface area (Å²) in [4.78, 5) is 0. The van der Waals surface area contributed by atoms with E-state index in [0.29, 0.717) is 23.5 Å². The van der Waals surface area contributed by atoms with Gasteiger partial charge in [0.25, 0.3) is 0 Å².